The minimum Gasteiger partial charge on any atom is -0.481 e. The van der Waals surface area contributed by atoms with E-state index >= 15 is 0 Å². The third-order valence-electron chi connectivity index (χ3n) is 7.10. The summed E-state index contributed by atoms with van der Waals surface area (Å²) < 4.78 is 44.0. The molecule has 7 nitrogen and oxygen atoms in total. The monoisotopic (exact) mass is 505 g/mol. The molecule has 0 radical (unpaired) electrons. The van der Waals surface area contributed by atoms with E-state index in [-0.39, 0.29) is 24.4 Å². The molecule has 0 aliphatic carbocycles. The van der Waals surface area contributed by atoms with Crippen LogP contribution in [-0.4, -0.2) is 46.6 Å². The number of alkyl halides is 3. The van der Waals surface area contributed by atoms with Gasteiger partial charge in [0.1, 0.15) is 0 Å². The average molecular weight is 506 g/mol. The molecule has 2 aliphatic rings. The number of pyridine rings is 1. The summed E-state index contributed by atoms with van der Waals surface area (Å²) >= 11 is 0. The maximum Gasteiger partial charge on any atom is 0.416 e. The van der Waals surface area contributed by atoms with Gasteiger partial charge in [0.2, 0.25) is 0 Å². The van der Waals surface area contributed by atoms with Crippen LogP contribution in [0, 0.1) is 11.3 Å². The van der Waals surface area contributed by atoms with Gasteiger partial charge in [-0.1, -0.05) is 26.0 Å². The number of hydrogen-bond acceptors (Lipinski definition) is 5. The van der Waals surface area contributed by atoms with Gasteiger partial charge in [-0.2, -0.15) is 13.2 Å². The predicted molar refractivity (Wildman–Crippen MR) is 125 cm³/mol. The summed E-state index contributed by atoms with van der Waals surface area (Å²) in [5.41, 5.74) is 1.11. The number of carbonyl (C=O) groups excluding carboxylic acids is 1. The zero-order valence-corrected chi connectivity index (χ0v) is 20.3. The molecule has 0 spiro atoms. The minimum absolute atomic E-state index is 0.0102. The van der Waals surface area contributed by atoms with Crippen molar-refractivity contribution >= 4 is 11.9 Å². The maximum atomic E-state index is 12.9. The number of rotatable bonds is 7. The molecule has 1 aromatic heterocycles. The van der Waals surface area contributed by atoms with Crippen molar-refractivity contribution in [3.63, 3.8) is 0 Å². The van der Waals surface area contributed by atoms with Crippen LogP contribution >= 0.6 is 0 Å². The minimum atomic E-state index is -4.38. The molecule has 0 saturated carbocycles. The number of halogens is 3. The van der Waals surface area contributed by atoms with Crippen molar-refractivity contribution in [2.45, 2.75) is 52.0 Å². The Morgan fingerprint density at radius 3 is 2.47 bits per heavy atom. The van der Waals surface area contributed by atoms with Gasteiger partial charge in [-0.25, -0.2) is 0 Å². The van der Waals surface area contributed by atoms with Crippen LogP contribution in [0.2, 0.25) is 0 Å². The average Bonchev–Trinajstić information content (AvgIpc) is 3.20. The molecule has 0 bridgehead atoms. The SMILES string of the molecule is CC(C)[C@H]1c2ncc(C(=O)NCC3(C(=O)O)CCOCC3)cc2CN1Cc1ccc(C(F)(F)F)cc1. The Morgan fingerprint density at radius 2 is 1.89 bits per heavy atom. The molecule has 0 unspecified atom stereocenters. The molecule has 1 amide bonds. The topological polar surface area (TPSA) is 91.8 Å². The molecule has 1 aromatic carbocycles. The molecular weight excluding hydrogens is 475 g/mol. The van der Waals surface area contributed by atoms with Gasteiger partial charge < -0.3 is 15.2 Å². The first-order chi connectivity index (χ1) is 17.0. The smallest absolute Gasteiger partial charge is 0.416 e. The summed E-state index contributed by atoms with van der Waals surface area (Å²) in [7, 11) is 0. The van der Waals surface area contributed by atoms with E-state index in [1.807, 2.05) is 0 Å². The summed E-state index contributed by atoms with van der Waals surface area (Å²) in [5, 5.41) is 12.5. The highest BCUT2D eigenvalue weighted by atomic mass is 19.4. The lowest BCUT2D eigenvalue weighted by molar-refractivity contribution is -0.154. The summed E-state index contributed by atoms with van der Waals surface area (Å²) in [4.78, 5) is 31.5. The number of ether oxygens (including phenoxy) is 1. The molecule has 2 N–H and O–H groups in total. The first kappa shape index (κ1) is 26.1. The van der Waals surface area contributed by atoms with Crippen molar-refractivity contribution in [2.75, 3.05) is 19.8 Å². The summed E-state index contributed by atoms with van der Waals surface area (Å²) in [6, 6.07) is 6.89. The van der Waals surface area contributed by atoms with Crippen molar-refractivity contribution in [3.8, 4) is 0 Å². The number of carbonyl (C=O) groups is 2. The Kier molecular flexibility index (Phi) is 7.38. The first-order valence-electron chi connectivity index (χ1n) is 12.0. The Hall–Kier alpha value is -2.98. The Bertz CT molecular complexity index is 1110. The highest BCUT2D eigenvalue weighted by molar-refractivity contribution is 5.94. The molecule has 2 aliphatic heterocycles. The van der Waals surface area contributed by atoms with E-state index < -0.39 is 23.1 Å². The normalized spacial score (nSPS) is 19.8. The first-order valence-corrected chi connectivity index (χ1v) is 12.0. The molecule has 36 heavy (non-hydrogen) atoms. The Balaban J connectivity index is 1.47. The number of carboxylic acids is 1. The van der Waals surface area contributed by atoms with Gasteiger partial charge in [0.15, 0.2) is 0 Å². The molecule has 10 heteroatoms. The van der Waals surface area contributed by atoms with Gasteiger partial charge in [0.05, 0.1) is 28.3 Å². The number of fused-ring (bicyclic) bond motifs is 1. The van der Waals surface area contributed by atoms with E-state index in [0.717, 1.165) is 29.0 Å². The van der Waals surface area contributed by atoms with Gasteiger partial charge in [-0.15, -0.1) is 0 Å². The van der Waals surface area contributed by atoms with Gasteiger partial charge in [-0.05, 0) is 48.1 Å². The number of amides is 1. The van der Waals surface area contributed by atoms with Gasteiger partial charge in [-0.3, -0.25) is 19.5 Å². The largest absolute Gasteiger partial charge is 0.481 e. The lowest BCUT2D eigenvalue weighted by Gasteiger charge is -2.33. The van der Waals surface area contributed by atoms with E-state index in [1.165, 1.54) is 18.3 Å². The van der Waals surface area contributed by atoms with Crippen molar-refractivity contribution in [1.29, 1.82) is 0 Å². The molecule has 1 fully saturated rings. The van der Waals surface area contributed by atoms with E-state index in [9.17, 15) is 27.9 Å². The van der Waals surface area contributed by atoms with Crippen LogP contribution in [0.5, 0.6) is 0 Å². The number of nitrogens with one attached hydrogen (secondary N) is 1. The van der Waals surface area contributed by atoms with Crippen LogP contribution in [0.3, 0.4) is 0 Å². The van der Waals surface area contributed by atoms with E-state index in [2.05, 4.69) is 29.0 Å². The van der Waals surface area contributed by atoms with Crippen LogP contribution in [-0.2, 0) is 28.8 Å². The number of benzene rings is 1. The third kappa shape index (κ3) is 5.39. The predicted octanol–water partition coefficient (Wildman–Crippen LogP) is 4.42. The number of hydrogen-bond donors (Lipinski definition) is 2. The fraction of sp³-hybridized carbons (Fsp3) is 0.500. The summed E-state index contributed by atoms with van der Waals surface area (Å²) in [6.07, 6.45) is -2.21. The highest BCUT2D eigenvalue weighted by Crippen LogP contribution is 2.39. The standard InChI is InChI=1S/C26H30F3N3O4/c1-16(2)22-21-19(14-32(22)13-17-3-5-20(6-4-17)26(27,28)29)11-18(12-30-21)23(33)31-15-25(24(34)35)7-9-36-10-8-25/h3-6,11-12,16,22H,7-10,13-15H2,1-2H3,(H,31,33)(H,34,35)/t22-/m0/s1. The van der Waals surface area contributed by atoms with Crippen molar-refractivity contribution in [2.24, 2.45) is 11.3 Å². The molecule has 2 aromatic rings. The van der Waals surface area contributed by atoms with Crippen molar-refractivity contribution < 1.29 is 32.6 Å². The Morgan fingerprint density at radius 1 is 1.22 bits per heavy atom. The number of aromatic nitrogens is 1. The zero-order chi connectivity index (χ0) is 26.1. The number of nitrogens with zero attached hydrogens (tertiary/aromatic N) is 2. The molecule has 1 saturated heterocycles. The quantitative estimate of drug-likeness (QED) is 0.579. The maximum absolute atomic E-state index is 12.9. The van der Waals surface area contributed by atoms with Gasteiger partial charge in [0.25, 0.3) is 5.91 Å². The van der Waals surface area contributed by atoms with E-state index in [0.29, 0.717) is 44.7 Å². The second-order valence-electron chi connectivity index (χ2n) is 9.94. The summed E-state index contributed by atoms with van der Waals surface area (Å²) in [5.74, 6) is -1.15. The van der Waals surface area contributed by atoms with Crippen LogP contribution in [0.1, 0.15) is 65.5 Å². The molecule has 4 rings (SSSR count). The van der Waals surface area contributed by atoms with E-state index in [4.69, 9.17) is 4.74 Å². The van der Waals surface area contributed by atoms with Gasteiger partial charge in [0, 0.05) is 39.0 Å². The highest BCUT2D eigenvalue weighted by Gasteiger charge is 2.41. The van der Waals surface area contributed by atoms with Crippen molar-refractivity contribution in [1.82, 2.24) is 15.2 Å². The number of carboxylic acid groups (broad SMARTS) is 1. The lowest BCUT2D eigenvalue weighted by atomic mass is 9.80. The molecule has 194 valence electrons. The van der Waals surface area contributed by atoms with Crippen molar-refractivity contribution in [3.05, 3.63) is 64.5 Å². The van der Waals surface area contributed by atoms with Crippen LogP contribution in [0.15, 0.2) is 36.5 Å². The summed E-state index contributed by atoms with van der Waals surface area (Å²) in [6.45, 7) is 5.76. The Labute approximate surface area is 207 Å². The third-order valence-corrected chi connectivity index (χ3v) is 7.10. The lowest BCUT2D eigenvalue weighted by Crippen LogP contribution is -2.46. The molecule has 3 heterocycles. The zero-order valence-electron chi connectivity index (χ0n) is 20.3. The second kappa shape index (κ2) is 10.2. The second-order valence-corrected chi connectivity index (χ2v) is 9.94. The van der Waals surface area contributed by atoms with Crippen LogP contribution in [0.4, 0.5) is 13.2 Å². The molecule has 1 atom stereocenters. The van der Waals surface area contributed by atoms with Gasteiger partial charge >= 0.3 is 12.1 Å². The van der Waals surface area contributed by atoms with Crippen LogP contribution in [0.25, 0.3) is 0 Å². The fourth-order valence-corrected chi connectivity index (χ4v) is 5.03. The number of aliphatic carboxylic acids is 1. The fourth-order valence-electron chi connectivity index (χ4n) is 5.03. The molecular formula is C26H30F3N3O4. The van der Waals surface area contributed by atoms with Crippen LogP contribution < -0.4 is 5.32 Å². The van der Waals surface area contributed by atoms with E-state index in [1.54, 1.807) is 6.07 Å².